The number of nitro benzene ring substituents is 1. The molecule has 29 heavy (non-hydrogen) atoms. The third-order valence-corrected chi connectivity index (χ3v) is 4.58. The molecule has 8 heteroatoms. The summed E-state index contributed by atoms with van der Waals surface area (Å²) in [7, 11) is 0. The molecule has 0 bridgehead atoms. The minimum absolute atomic E-state index is 0.0304. The van der Waals surface area contributed by atoms with Crippen molar-refractivity contribution < 1.29 is 24.0 Å². The van der Waals surface area contributed by atoms with Crippen LogP contribution < -0.4 is 0 Å². The lowest BCUT2D eigenvalue weighted by atomic mass is 9.82. The van der Waals surface area contributed by atoms with Crippen LogP contribution in [0.4, 0.5) is 5.69 Å². The van der Waals surface area contributed by atoms with E-state index in [1.165, 1.54) is 6.07 Å². The zero-order chi connectivity index (χ0) is 21.7. The van der Waals surface area contributed by atoms with Gasteiger partial charge >= 0.3 is 11.9 Å². The van der Waals surface area contributed by atoms with Gasteiger partial charge in [-0.1, -0.05) is 12.1 Å². The molecule has 0 amide bonds. The predicted octanol–water partition coefficient (Wildman–Crippen LogP) is 3.60. The lowest BCUT2D eigenvalue weighted by Gasteiger charge is -2.32. The number of hydrogen-bond acceptors (Lipinski definition) is 7. The minimum Gasteiger partial charge on any atom is -0.463 e. The molecule has 1 aliphatic heterocycles. The monoisotopic (exact) mass is 402 g/mol. The quantitative estimate of drug-likeness (QED) is 0.390. The van der Waals surface area contributed by atoms with Crippen LogP contribution in [0.2, 0.25) is 0 Å². The van der Waals surface area contributed by atoms with Crippen molar-refractivity contribution >= 4 is 17.6 Å². The molecule has 1 aromatic rings. The molecule has 1 heterocycles. The van der Waals surface area contributed by atoms with Crippen molar-refractivity contribution in [3.8, 4) is 0 Å². The van der Waals surface area contributed by atoms with Crippen molar-refractivity contribution in [2.45, 2.75) is 46.6 Å². The molecule has 0 N–H and O–H groups in total. The van der Waals surface area contributed by atoms with Crippen LogP contribution in [0.5, 0.6) is 0 Å². The first-order valence-electron chi connectivity index (χ1n) is 9.51. The highest BCUT2D eigenvalue weighted by Crippen LogP contribution is 2.39. The highest BCUT2D eigenvalue weighted by Gasteiger charge is 2.36. The molecule has 0 radical (unpaired) electrons. The lowest BCUT2D eigenvalue weighted by Crippen LogP contribution is -2.32. The summed E-state index contributed by atoms with van der Waals surface area (Å²) in [6.07, 6.45) is 3.25. The number of nitrogens with zero attached hydrogens (tertiary/aromatic N) is 2. The fourth-order valence-corrected chi connectivity index (χ4v) is 3.10. The van der Waals surface area contributed by atoms with Crippen LogP contribution >= 0.6 is 0 Å². The normalized spacial score (nSPS) is 14.3. The van der Waals surface area contributed by atoms with Crippen LogP contribution in [0.25, 0.3) is 0 Å². The van der Waals surface area contributed by atoms with Crippen LogP contribution in [-0.4, -0.2) is 41.0 Å². The van der Waals surface area contributed by atoms with Crippen LogP contribution in [0, 0.1) is 17.0 Å². The Morgan fingerprint density at radius 3 is 2.03 bits per heavy atom. The average Bonchev–Trinajstić information content (AvgIpc) is 2.67. The Hall–Kier alpha value is -3.16. The standard InChI is InChI=1S/C21H26N2O6/c1-6-28-20(24)16-11-22(13(3)4)12-17(21(25)29-7-2)19(16)15-9-8-14(5)18(10-15)23(26)27/h8-13,19H,6-7H2,1-5H3. The number of carbonyl (C=O) groups is 2. The highest BCUT2D eigenvalue weighted by atomic mass is 16.6. The maximum absolute atomic E-state index is 12.7. The first kappa shape index (κ1) is 22.1. The Balaban J connectivity index is 2.69. The van der Waals surface area contributed by atoms with E-state index in [4.69, 9.17) is 9.47 Å². The van der Waals surface area contributed by atoms with Gasteiger partial charge < -0.3 is 14.4 Å². The second kappa shape index (κ2) is 9.36. The smallest absolute Gasteiger partial charge is 0.336 e. The molecule has 0 fully saturated rings. The van der Waals surface area contributed by atoms with E-state index in [2.05, 4.69) is 0 Å². The van der Waals surface area contributed by atoms with E-state index in [-0.39, 0.29) is 36.1 Å². The Morgan fingerprint density at radius 1 is 1.10 bits per heavy atom. The van der Waals surface area contributed by atoms with Gasteiger partial charge in [0.15, 0.2) is 0 Å². The topological polar surface area (TPSA) is 99.0 Å². The summed E-state index contributed by atoms with van der Waals surface area (Å²) in [6.45, 7) is 9.16. The molecule has 0 aromatic heterocycles. The Kier molecular flexibility index (Phi) is 7.14. The third kappa shape index (κ3) is 4.82. The van der Waals surface area contributed by atoms with Crippen LogP contribution in [0.3, 0.4) is 0 Å². The number of nitro groups is 1. The third-order valence-electron chi connectivity index (χ3n) is 4.58. The van der Waals surface area contributed by atoms with Gasteiger partial charge in [-0.2, -0.15) is 0 Å². The lowest BCUT2D eigenvalue weighted by molar-refractivity contribution is -0.385. The van der Waals surface area contributed by atoms with Crippen molar-refractivity contribution in [3.05, 3.63) is 63.0 Å². The van der Waals surface area contributed by atoms with E-state index in [1.54, 1.807) is 50.2 Å². The molecule has 0 saturated carbocycles. The Morgan fingerprint density at radius 2 is 1.62 bits per heavy atom. The first-order valence-corrected chi connectivity index (χ1v) is 9.51. The fourth-order valence-electron chi connectivity index (χ4n) is 3.10. The van der Waals surface area contributed by atoms with Gasteiger partial charge in [0.1, 0.15) is 0 Å². The number of benzene rings is 1. The highest BCUT2D eigenvalue weighted by molar-refractivity contribution is 5.98. The molecule has 1 aromatic carbocycles. The Labute approximate surface area is 169 Å². The molecule has 8 nitrogen and oxygen atoms in total. The summed E-state index contributed by atoms with van der Waals surface area (Å²) in [5.74, 6) is -2.00. The van der Waals surface area contributed by atoms with Gasteiger partial charge in [0.05, 0.1) is 35.2 Å². The molecule has 0 saturated heterocycles. The fraction of sp³-hybridized carbons (Fsp3) is 0.429. The summed E-state index contributed by atoms with van der Waals surface area (Å²) in [6, 6.07) is 4.65. The summed E-state index contributed by atoms with van der Waals surface area (Å²) in [5, 5.41) is 11.4. The van der Waals surface area contributed by atoms with E-state index < -0.39 is 22.8 Å². The van der Waals surface area contributed by atoms with Gasteiger partial charge in [0.2, 0.25) is 0 Å². The van der Waals surface area contributed by atoms with Gasteiger partial charge in [0.25, 0.3) is 5.69 Å². The summed E-state index contributed by atoms with van der Waals surface area (Å²) >= 11 is 0. The second-order valence-electron chi connectivity index (χ2n) is 6.89. The summed E-state index contributed by atoms with van der Waals surface area (Å²) < 4.78 is 10.4. The van der Waals surface area contributed by atoms with Crippen molar-refractivity contribution in [1.82, 2.24) is 4.90 Å². The summed E-state index contributed by atoms with van der Waals surface area (Å²) in [4.78, 5) is 38.1. The molecule has 0 unspecified atom stereocenters. The minimum atomic E-state index is -0.831. The molecule has 156 valence electrons. The van der Waals surface area contributed by atoms with E-state index in [9.17, 15) is 19.7 Å². The van der Waals surface area contributed by atoms with Gasteiger partial charge in [-0.05, 0) is 40.2 Å². The summed E-state index contributed by atoms with van der Waals surface area (Å²) in [5.41, 5.74) is 1.31. The SMILES string of the molecule is CCOC(=O)C1=CN(C(C)C)C=C(C(=O)OCC)C1c1ccc(C)c([N+](=O)[O-])c1. The van der Waals surface area contributed by atoms with Crippen molar-refractivity contribution in [1.29, 1.82) is 0 Å². The molecule has 0 atom stereocenters. The number of ether oxygens (including phenoxy) is 2. The molecule has 0 aliphatic carbocycles. The number of aryl methyl sites for hydroxylation is 1. The molecule has 1 aliphatic rings. The number of hydrogen-bond donors (Lipinski definition) is 0. The molecular weight excluding hydrogens is 376 g/mol. The van der Waals surface area contributed by atoms with Gasteiger partial charge in [-0.15, -0.1) is 0 Å². The molecule has 0 spiro atoms. The van der Waals surface area contributed by atoms with E-state index >= 15 is 0 Å². The largest absolute Gasteiger partial charge is 0.463 e. The van der Waals surface area contributed by atoms with Crippen molar-refractivity contribution in [3.63, 3.8) is 0 Å². The maximum Gasteiger partial charge on any atom is 0.336 e. The number of esters is 2. The predicted molar refractivity (Wildman–Crippen MR) is 107 cm³/mol. The van der Waals surface area contributed by atoms with Crippen LogP contribution in [0.15, 0.2) is 41.7 Å². The van der Waals surface area contributed by atoms with E-state index in [1.807, 2.05) is 13.8 Å². The van der Waals surface area contributed by atoms with E-state index in [0.717, 1.165) is 0 Å². The average molecular weight is 402 g/mol. The van der Waals surface area contributed by atoms with Gasteiger partial charge in [-0.3, -0.25) is 10.1 Å². The number of rotatable bonds is 7. The Bertz CT molecular complexity index is 836. The molecular formula is C21H26N2O6. The zero-order valence-electron chi connectivity index (χ0n) is 17.3. The number of carbonyl (C=O) groups excluding carboxylic acids is 2. The zero-order valence-corrected chi connectivity index (χ0v) is 17.3. The van der Waals surface area contributed by atoms with E-state index in [0.29, 0.717) is 11.1 Å². The molecule has 2 rings (SSSR count). The van der Waals surface area contributed by atoms with Crippen LogP contribution in [0.1, 0.15) is 44.7 Å². The first-order chi connectivity index (χ1) is 13.7. The van der Waals surface area contributed by atoms with Crippen molar-refractivity contribution in [2.75, 3.05) is 13.2 Å². The van der Waals surface area contributed by atoms with Gasteiger partial charge in [-0.25, -0.2) is 9.59 Å². The second-order valence-corrected chi connectivity index (χ2v) is 6.89. The maximum atomic E-state index is 12.7. The van der Waals surface area contributed by atoms with Crippen LogP contribution in [-0.2, 0) is 19.1 Å². The van der Waals surface area contributed by atoms with Gasteiger partial charge in [0, 0.05) is 30.1 Å². The van der Waals surface area contributed by atoms with Crippen molar-refractivity contribution in [2.24, 2.45) is 0 Å².